The molecule has 0 atom stereocenters. The number of nitrogens with two attached hydrogens (primary N) is 1. The van der Waals surface area contributed by atoms with E-state index in [2.05, 4.69) is 30.7 Å². The average molecular weight is 774 g/mol. The van der Waals surface area contributed by atoms with Gasteiger partial charge in [-0.25, -0.2) is 24.4 Å². The molecule has 0 unspecified atom stereocenters. The van der Waals surface area contributed by atoms with Gasteiger partial charge >= 0.3 is 7.40 Å². The number of hydrogen-bond donors (Lipinski definition) is 4. The number of carboxylic acid groups (broad SMARTS) is 1. The van der Waals surface area contributed by atoms with E-state index in [1.165, 1.54) is 21.5 Å². The van der Waals surface area contributed by atoms with E-state index in [1.807, 2.05) is 12.1 Å². The van der Waals surface area contributed by atoms with Gasteiger partial charge in [0.05, 0.1) is 34.2 Å². The molecule has 6 aromatic rings. The number of non-ortho nitro benzene ring substituents is 1. The molecule has 0 saturated carbocycles. The number of benzene rings is 4. The molecule has 0 amide bonds. The van der Waals surface area contributed by atoms with Gasteiger partial charge in [-0.15, -0.1) is 11.4 Å². The summed E-state index contributed by atoms with van der Waals surface area (Å²) in [5.41, 5.74) is 5.78. The summed E-state index contributed by atoms with van der Waals surface area (Å²) in [4.78, 5) is 46.3. The number of azo groups is 2. The number of para-hydroxylation sites is 2. The molecule has 19 heteroatoms. The number of rotatable bonds is 9. The first-order valence-electron chi connectivity index (χ1n) is 15.5. The first kappa shape index (κ1) is 41.6. The van der Waals surface area contributed by atoms with Crippen molar-refractivity contribution in [1.29, 1.82) is 0 Å². The topological polar surface area (TPSA) is 266 Å². The zero-order valence-electron chi connectivity index (χ0n) is 29.6. The van der Waals surface area contributed by atoms with Gasteiger partial charge in [-0.3, -0.25) is 10.1 Å². The van der Waals surface area contributed by atoms with Crippen molar-refractivity contribution in [2.45, 2.75) is 13.8 Å². The summed E-state index contributed by atoms with van der Waals surface area (Å²) in [6.07, 6.45) is 0. The normalized spacial score (nSPS) is 10.6. The number of nitrogens with zero attached hydrogens (tertiary/aromatic N) is 9. The molecule has 278 valence electrons. The smallest absolute Gasteiger partial charge is 0.506 e. The Kier molecular flexibility index (Phi) is 15.2. The number of aromatic nitrogens is 4. The fraction of sp³-hybridized carbons (Fsp3) is 0.114. The standard InChI is InChI=1S/C17H13N4O3.C16H12N5O4.C2H7NO.Cr/c1-11-15(16(22)21(20-11)12-7-3-2-4-8-12)19-18-14-10-6-5-9-13(14)17(23)24;1-10-15(16(23)20(19-10)11-5-3-2-4-6-11)18-17-13-9-12(21(24)25)7-8-14(13)22;3-1-2-4;/h2-10H,1H3,(H,23,24);2-9,22H,1H3;4H,1-3H2;/q2*-1;;/p+1. The minimum atomic E-state index is -1.11. The molecule has 0 aliphatic carbocycles. The molecule has 5 N–H and O–H groups in total. The second-order valence-corrected chi connectivity index (χ2v) is 10.6. The van der Waals surface area contributed by atoms with E-state index < -0.39 is 22.0 Å². The van der Waals surface area contributed by atoms with E-state index in [4.69, 9.17) is 15.9 Å². The zero-order chi connectivity index (χ0) is 38.5. The Labute approximate surface area is 318 Å². The van der Waals surface area contributed by atoms with E-state index in [9.17, 15) is 29.6 Å². The molecule has 0 fully saturated rings. The molecule has 18 nitrogen and oxygen atoms in total. The fourth-order valence-electron chi connectivity index (χ4n) is 4.37. The van der Waals surface area contributed by atoms with Gasteiger partial charge in [0.15, 0.2) is 0 Å². The minimum Gasteiger partial charge on any atom is -0.506 e. The summed E-state index contributed by atoms with van der Waals surface area (Å²) in [6.45, 7) is 3.72. The third kappa shape index (κ3) is 10.4. The summed E-state index contributed by atoms with van der Waals surface area (Å²) in [6, 6.07) is 27.3. The number of aliphatic hydroxyl groups excluding tert-OH is 1. The molecule has 4 aromatic carbocycles. The molecule has 0 spiro atoms. The maximum atomic E-state index is 12.5. The van der Waals surface area contributed by atoms with Gasteiger partial charge in [-0.05, 0) is 42.5 Å². The number of aliphatic hydroxyl groups is 1. The molecular formula is C35H33CrN10O8-. The summed E-state index contributed by atoms with van der Waals surface area (Å²) < 4.78 is 2.43. The van der Waals surface area contributed by atoms with Gasteiger partial charge in [0.2, 0.25) is 0 Å². The molecule has 2 aromatic heterocycles. The Bertz CT molecular complexity index is 2370. The number of carbonyl (C=O) groups is 1. The quantitative estimate of drug-likeness (QED) is 0.0598. The molecule has 0 radical (unpaired) electrons. The molecule has 2 heterocycles. The van der Waals surface area contributed by atoms with Gasteiger partial charge in [0.25, 0.3) is 5.69 Å². The number of phenolic OH excluding ortho intramolecular Hbond substituents is 1. The average Bonchev–Trinajstić information content (AvgIpc) is 3.62. The predicted molar refractivity (Wildman–Crippen MR) is 194 cm³/mol. The molecule has 0 aliphatic rings. The van der Waals surface area contributed by atoms with Crippen LogP contribution >= 0.6 is 0 Å². The molecule has 6 rings (SSSR count). The maximum Gasteiger partial charge on any atom is 1.00 e. The summed E-state index contributed by atoms with van der Waals surface area (Å²) >= 11 is 0. The maximum absolute atomic E-state index is 12.5. The fourth-order valence-corrected chi connectivity index (χ4v) is 4.37. The van der Waals surface area contributed by atoms with E-state index in [0.717, 1.165) is 18.2 Å². The van der Waals surface area contributed by atoms with Gasteiger partial charge in [-0.2, -0.15) is 10.2 Å². The third-order valence-corrected chi connectivity index (χ3v) is 6.93. The van der Waals surface area contributed by atoms with Crippen molar-refractivity contribution in [3.8, 4) is 17.1 Å². The van der Waals surface area contributed by atoms with E-state index >= 15 is 0 Å². The zero-order valence-corrected chi connectivity index (χ0v) is 29.9. The first-order valence-corrected chi connectivity index (χ1v) is 15.5. The number of nitro groups is 1. The Morgan fingerprint density at radius 2 is 1.26 bits per heavy atom. The van der Waals surface area contributed by atoms with Crippen LogP contribution in [0.25, 0.3) is 11.4 Å². The number of hydrogen-bond acceptors (Lipinski definition) is 14. The van der Waals surface area contributed by atoms with Crippen molar-refractivity contribution in [1.82, 2.24) is 19.6 Å². The minimum absolute atomic E-state index is 0. The molecule has 0 bridgehead atoms. The Balaban J connectivity index is 0.000000336. The van der Waals surface area contributed by atoms with Gasteiger partial charge in [0, 0.05) is 36.0 Å². The van der Waals surface area contributed by atoms with E-state index in [1.54, 1.807) is 74.5 Å². The summed E-state index contributed by atoms with van der Waals surface area (Å²) in [5.74, 6) is -1.39. The van der Waals surface area contributed by atoms with Crippen LogP contribution < -0.4 is 16.9 Å². The Morgan fingerprint density at radius 3 is 1.70 bits per heavy atom. The van der Waals surface area contributed by atoms with Crippen LogP contribution in [0.4, 0.5) is 28.4 Å². The molecule has 54 heavy (non-hydrogen) atoms. The number of aromatic carboxylic acids is 1. The van der Waals surface area contributed by atoms with Crippen LogP contribution in [0, 0.1) is 24.0 Å². The second kappa shape index (κ2) is 19.7. The third-order valence-electron chi connectivity index (χ3n) is 6.93. The molecular weight excluding hydrogens is 740 g/mol. The number of aromatic hydroxyl groups is 1. The van der Waals surface area contributed by atoms with E-state index in [0.29, 0.717) is 29.3 Å². The van der Waals surface area contributed by atoms with E-state index in [-0.39, 0.29) is 65.1 Å². The largest absolute Gasteiger partial charge is 1.00 e. The van der Waals surface area contributed by atoms with Crippen molar-refractivity contribution in [2.75, 3.05) is 13.2 Å². The van der Waals surface area contributed by atoms with Crippen molar-refractivity contribution in [3.63, 3.8) is 0 Å². The van der Waals surface area contributed by atoms with Crippen LogP contribution in [0.3, 0.4) is 0 Å². The number of phenols is 1. The van der Waals surface area contributed by atoms with Gasteiger partial charge in [0.1, 0.15) is 22.6 Å². The van der Waals surface area contributed by atoms with Gasteiger partial charge in [-0.1, -0.05) is 73.8 Å². The predicted octanol–water partition coefficient (Wildman–Crippen LogP) is 5.71. The number of carboxylic acids is 1. The Hall–Kier alpha value is -6.78. The van der Waals surface area contributed by atoms with Crippen molar-refractivity contribution in [3.05, 3.63) is 151 Å². The first-order chi connectivity index (χ1) is 25.5. The molecule has 0 aliphatic heterocycles. The second-order valence-electron chi connectivity index (χ2n) is 10.6. The summed E-state index contributed by atoms with van der Waals surface area (Å²) in [7, 11) is 0. The van der Waals surface area contributed by atoms with Crippen LogP contribution in [-0.2, 0) is 17.4 Å². The summed E-state index contributed by atoms with van der Waals surface area (Å²) in [5, 5.41) is 61.2. The van der Waals surface area contributed by atoms with Crippen molar-refractivity contribution >= 4 is 34.4 Å². The Morgan fingerprint density at radius 1 is 0.815 bits per heavy atom. The van der Waals surface area contributed by atoms with Crippen LogP contribution in [0.5, 0.6) is 5.75 Å². The van der Waals surface area contributed by atoms with Crippen molar-refractivity contribution in [2.24, 2.45) is 26.2 Å². The van der Waals surface area contributed by atoms with Crippen LogP contribution in [0.1, 0.15) is 23.2 Å². The number of aryl methyl sites for hydroxylation is 2. The molecule has 0 saturated heterocycles. The van der Waals surface area contributed by atoms with Crippen LogP contribution in [-0.4, -0.2) is 58.9 Å². The van der Waals surface area contributed by atoms with Crippen LogP contribution in [0.2, 0.25) is 0 Å². The SMILES string of the molecule is Cc1nn(-c2ccccc2)c(=O)[c-]1N=Nc1cc([N+](=O)[O-])ccc1O.Cc1nn(-c2ccccc2)c(=O)[c-]1N=Nc1ccccc1C(=O)O.NCCO.[Cr].[H+]. The van der Waals surface area contributed by atoms with Crippen molar-refractivity contribution < 1.29 is 43.8 Å². The van der Waals surface area contributed by atoms with Gasteiger partial charge < -0.3 is 40.9 Å². The van der Waals surface area contributed by atoms with Crippen LogP contribution in [0.15, 0.2) is 133 Å². The monoisotopic (exact) mass is 773 g/mol. The number of nitro benzene ring substituents is 1.